The van der Waals surface area contributed by atoms with Crippen molar-refractivity contribution in [3.63, 3.8) is 0 Å². The second-order valence-corrected chi connectivity index (χ2v) is 15.3. The minimum Gasteiger partial charge on any atom is -0.501 e. The molecule has 0 amide bonds. The van der Waals surface area contributed by atoms with Crippen molar-refractivity contribution in [2.24, 2.45) is 0 Å². The second kappa shape index (κ2) is 15.2. The third-order valence-corrected chi connectivity index (χ3v) is 9.64. The van der Waals surface area contributed by atoms with Crippen LogP contribution in [0.4, 0.5) is 0 Å². The van der Waals surface area contributed by atoms with Crippen LogP contribution in [-0.4, -0.2) is 19.5 Å². The van der Waals surface area contributed by atoms with E-state index < -0.39 is 0 Å². The fourth-order valence-corrected chi connectivity index (χ4v) is 6.91. The Kier molecular flexibility index (Phi) is 10.9. The van der Waals surface area contributed by atoms with Gasteiger partial charge in [-0.15, -0.1) is 53.6 Å². The predicted octanol–water partition coefficient (Wildman–Crippen LogP) is 12.5. The number of furan rings is 1. The first kappa shape index (κ1) is 37.8. The number of rotatable bonds is 5. The minimum atomic E-state index is -0.101. The third-order valence-electron chi connectivity index (χ3n) is 9.64. The molecule has 0 aliphatic carbocycles. The molecule has 4 heterocycles. The fourth-order valence-electron chi connectivity index (χ4n) is 6.91. The van der Waals surface area contributed by atoms with E-state index in [1.54, 1.807) is 0 Å². The van der Waals surface area contributed by atoms with E-state index in [4.69, 9.17) is 14.4 Å². The summed E-state index contributed by atoms with van der Waals surface area (Å²) in [5, 5.41) is 2.16. The average molecular weight is 875 g/mol. The van der Waals surface area contributed by atoms with E-state index in [1.165, 1.54) is 33.5 Å². The van der Waals surface area contributed by atoms with E-state index in [2.05, 4.69) is 132 Å². The molecule has 271 valence electrons. The van der Waals surface area contributed by atoms with Gasteiger partial charge in [-0.05, 0) is 64.3 Å². The van der Waals surface area contributed by atoms with Gasteiger partial charge in [0, 0.05) is 43.6 Å². The third kappa shape index (κ3) is 7.36. The fraction of sp³-hybridized carbons (Fsp3) is 0.255. The van der Waals surface area contributed by atoms with Crippen LogP contribution in [0.15, 0.2) is 108 Å². The van der Waals surface area contributed by atoms with Gasteiger partial charge in [0.05, 0.1) is 16.9 Å². The first-order valence-electron chi connectivity index (χ1n) is 18.2. The van der Waals surface area contributed by atoms with Crippen LogP contribution in [0, 0.1) is 26.0 Å². The number of imidazole rings is 1. The molecule has 0 saturated carbocycles. The van der Waals surface area contributed by atoms with Gasteiger partial charge in [-0.1, -0.05) is 115 Å². The molecule has 53 heavy (non-hydrogen) atoms. The van der Waals surface area contributed by atoms with Gasteiger partial charge in [0.2, 0.25) is 0 Å². The maximum Gasteiger partial charge on any atom is 0.168 e. The molecule has 0 bridgehead atoms. The Labute approximate surface area is 326 Å². The number of nitrogens with zero attached hydrogens (tertiary/aromatic N) is 4. The molecule has 0 saturated heterocycles. The Hall–Kier alpha value is -4.90. The van der Waals surface area contributed by atoms with Gasteiger partial charge in [-0.3, -0.25) is 4.98 Å². The molecule has 0 N–H and O–H groups in total. The van der Waals surface area contributed by atoms with E-state index in [0.29, 0.717) is 11.8 Å². The molecule has 0 aliphatic heterocycles. The molecule has 8 aromatic rings. The van der Waals surface area contributed by atoms with E-state index >= 15 is 0 Å². The molecule has 4 aromatic carbocycles. The van der Waals surface area contributed by atoms with Crippen molar-refractivity contribution in [1.29, 1.82) is 0 Å². The van der Waals surface area contributed by atoms with Gasteiger partial charge in [0.1, 0.15) is 5.58 Å². The number of benzene rings is 4. The Morgan fingerprint density at radius 1 is 0.736 bits per heavy atom. The predicted molar refractivity (Wildman–Crippen MR) is 215 cm³/mol. The van der Waals surface area contributed by atoms with Crippen molar-refractivity contribution in [1.82, 2.24) is 19.5 Å². The quantitative estimate of drug-likeness (QED) is 0.162. The monoisotopic (exact) mass is 875 g/mol. The van der Waals surface area contributed by atoms with Crippen molar-refractivity contribution < 1.29 is 24.5 Å². The smallest absolute Gasteiger partial charge is 0.168 e. The number of aryl methyl sites for hydroxylation is 2. The van der Waals surface area contributed by atoms with E-state index in [1.807, 2.05) is 55.7 Å². The molecule has 6 heteroatoms. The van der Waals surface area contributed by atoms with Gasteiger partial charge in [-0.2, -0.15) is 0 Å². The van der Waals surface area contributed by atoms with Crippen LogP contribution >= 0.6 is 0 Å². The summed E-state index contributed by atoms with van der Waals surface area (Å²) < 4.78 is 8.83. The zero-order valence-electron chi connectivity index (χ0n) is 32.0. The van der Waals surface area contributed by atoms with Gasteiger partial charge >= 0.3 is 0 Å². The standard InChI is InChI=1S/C34H34N3O.C13H12N.Ir/c1-20(2)22-13-10-14-23(21(3)4)29(22)37-30-27(34(5,6)7)18-19-35-32(30)36-33(37)26-16-11-15-25-24-12-8-9-17-28(24)38-31(25)26;1-10-3-6-12(7-4-10)13-8-5-11(2)9-14-13;/h8-15,17-21H,1-7H3;3-6,8-9H,1-2H3;/q2*-1;. The van der Waals surface area contributed by atoms with Crippen molar-refractivity contribution >= 4 is 33.1 Å². The van der Waals surface area contributed by atoms with Gasteiger partial charge in [0.25, 0.3) is 0 Å². The summed E-state index contributed by atoms with van der Waals surface area (Å²) in [7, 11) is 0. The number of para-hydroxylation sites is 2. The van der Waals surface area contributed by atoms with Crippen LogP contribution < -0.4 is 0 Å². The molecular formula is C47H46IrN4O-2. The van der Waals surface area contributed by atoms with Crippen LogP contribution in [0.5, 0.6) is 0 Å². The van der Waals surface area contributed by atoms with Crippen LogP contribution in [0.3, 0.4) is 0 Å². The van der Waals surface area contributed by atoms with E-state index in [0.717, 1.165) is 55.7 Å². The number of pyridine rings is 2. The molecular weight excluding hydrogens is 829 g/mol. The molecule has 0 spiro atoms. The maximum atomic E-state index is 6.47. The maximum absolute atomic E-state index is 6.47. The summed E-state index contributed by atoms with van der Waals surface area (Å²) in [6.07, 6.45) is 3.76. The van der Waals surface area contributed by atoms with Crippen LogP contribution in [0.25, 0.3) is 61.4 Å². The van der Waals surface area contributed by atoms with Crippen molar-refractivity contribution in [2.45, 2.75) is 79.6 Å². The minimum absolute atomic E-state index is 0. The number of fused-ring (bicyclic) bond motifs is 4. The van der Waals surface area contributed by atoms with Crippen molar-refractivity contribution in [2.75, 3.05) is 0 Å². The summed E-state index contributed by atoms with van der Waals surface area (Å²) in [6, 6.07) is 38.0. The van der Waals surface area contributed by atoms with E-state index in [9.17, 15) is 0 Å². The number of hydrogen-bond acceptors (Lipinski definition) is 4. The van der Waals surface area contributed by atoms with Gasteiger partial charge < -0.3 is 14.0 Å². The zero-order chi connectivity index (χ0) is 36.7. The Morgan fingerprint density at radius 2 is 1.45 bits per heavy atom. The van der Waals surface area contributed by atoms with Gasteiger partial charge in [-0.25, -0.2) is 4.98 Å². The van der Waals surface area contributed by atoms with Crippen molar-refractivity contribution in [3.8, 4) is 28.3 Å². The SMILES string of the molecule is CC(C)c1cccc(C(C)C)c1-n1c(-c2[c-]ccc3c2oc2ccccc23)nc2nccc(C(C)(C)C)c21.Cc1c[c-]c(-c2ccc(C)cn2)cc1.[Ir]. The largest absolute Gasteiger partial charge is 0.501 e. The van der Waals surface area contributed by atoms with Crippen LogP contribution in [-0.2, 0) is 25.5 Å². The summed E-state index contributed by atoms with van der Waals surface area (Å²) in [4.78, 5) is 14.3. The summed E-state index contributed by atoms with van der Waals surface area (Å²) >= 11 is 0. The molecule has 0 unspecified atom stereocenters. The average Bonchev–Trinajstić information content (AvgIpc) is 3.70. The molecule has 8 rings (SSSR count). The van der Waals surface area contributed by atoms with Crippen LogP contribution in [0.1, 0.15) is 88.1 Å². The molecule has 1 radical (unpaired) electrons. The Bertz CT molecular complexity index is 2450. The molecule has 0 fully saturated rings. The topological polar surface area (TPSA) is 56.7 Å². The summed E-state index contributed by atoms with van der Waals surface area (Å²) in [5.74, 6) is 1.47. The van der Waals surface area contributed by atoms with E-state index in [-0.39, 0.29) is 25.5 Å². The second-order valence-electron chi connectivity index (χ2n) is 15.3. The van der Waals surface area contributed by atoms with Gasteiger partial charge in [0.15, 0.2) is 5.65 Å². The normalized spacial score (nSPS) is 11.7. The summed E-state index contributed by atoms with van der Waals surface area (Å²) in [6.45, 7) is 19.9. The Balaban J connectivity index is 0.000000269. The number of hydrogen-bond donors (Lipinski definition) is 0. The molecule has 0 atom stereocenters. The first-order chi connectivity index (χ1) is 24.9. The number of aromatic nitrogens is 4. The molecule has 4 aromatic heterocycles. The molecule has 0 aliphatic rings. The van der Waals surface area contributed by atoms with Crippen molar-refractivity contribution in [3.05, 3.63) is 143 Å². The zero-order valence-corrected chi connectivity index (χ0v) is 34.4. The first-order valence-corrected chi connectivity index (χ1v) is 18.2. The Morgan fingerprint density at radius 3 is 2.09 bits per heavy atom. The summed E-state index contributed by atoms with van der Waals surface area (Å²) in [5.41, 5.74) is 13.6. The van der Waals surface area contributed by atoms with Crippen LogP contribution in [0.2, 0.25) is 0 Å². The molecule has 5 nitrogen and oxygen atoms in total.